The van der Waals surface area contributed by atoms with E-state index in [0.717, 1.165) is 17.8 Å². The van der Waals surface area contributed by atoms with Gasteiger partial charge in [0, 0.05) is 0 Å². The van der Waals surface area contributed by atoms with Crippen molar-refractivity contribution in [3.05, 3.63) is 24.3 Å². The number of alkyl halides is 3. The summed E-state index contributed by atoms with van der Waals surface area (Å²) in [4.78, 5) is 3.87. The summed E-state index contributed by atoms with van der Waals surface area (Å²) in [5, 5.41) is 10.9. The van der Waals surface area contributed by atoms with Crippen molar-refractivity contribution in [2.75, 3.05) is 6.26 Å². The minimum absolute atomic E-state index is 0.0121. The number of nitrogens with one attached hydrogen (secondary N) is 1. The number of nitrogens with zero attached hydrogens (tertiary/aromatic N) is 2. The Morgan fingerprint density at radius 3 is 2.67 bits per heavy atom. The van der Waals surface area contributed by atoms with Crippen molar-refractivity contribution in [2.24, 2.45) is 4.99 Å². The standard InChI is InChI=1S/C10H8F3N3OS/c1-18-9(15-6-14)16-7-4-2-3-5-8(7)17-10(11,12)13/h2-5H,1H3,(H,15,16). The van der Waals surface area contributed by atoms with E-state index >= 15 is 0 Å². The van der Waals surface area contributed by atoms with E-state index in [0.29, 0.717) is 0 Å². The zero-order valence-corrected chi connectivity index (χ0v) is 9.97. The van der Waals surface area contributed by atoms with Gasteiger partial charge < -0.3 is 4.74 Å². The SMILES string of the molecule is CSC(=Nc1ccccc1OC(F)(F)F)NC#N. The van der Waals surface area contributed by atoms with E-state index in [-0.39, 0.29) is 10.9 Å². The molecule has 0 radical (unpaired) electrons. The molecule has 0 aromatic heterocycles. The molecule has 0 aliphatic carbocycles. The molecule has 0 heterocycles. The Balaban J connectivity index is 3.06. The van der Waals surface area contributed by atoms with Crippen LogP contribution in [-0.4, -0.2) is 17.8 Å². The molecule has 0 saturated carbocycles. The highest BCUT2D eigenvalue weighted by atomic mass is 32.2. The van der Waals surface area contributed by atoms with Crippen molar-refractivity contribution < 1.29 is 17.9 Å². The molecule has 1 N–H and O–H groups in total. The maximum Gasteiger partial charge on any atom is 0.573 e. The van der Waals surface area contributed by atoms with Crippen LogP contribution in [0.15, 0.2) is 29.3 Å². The van der Waals surface area contributed by atoms with Crippen LogP contribution in [0.1, 0.15) is 0 Å². The summed E-state index contributed by atoms with van der Waals surface area (Å²) in [5.41, 5.74) is -0.0121. The predicted octanol–water partition coefficient (Wildman–Crippen LogP) is 3.01. The molecule has 4 nitrogen and oxygen atoms in total. The average Bonchev–Trinajstić information content (AvgIpc) is 2.29. The molecule has 0 aliphatic rings. The van der Waals surface area contributed by atoms with Crippen molar-refractivity contribution in [3.8, 4) is 11.9 Å². The zero-order valence-electron chi connectivity index (χ0n) is 9.15. The summed E-state index contributed by atoms with van der Waals surface area (Å²) in [6.07, 6.45) is -1.51. The first-order chi connectivity index (χ1) is 8.46. The molecule has 0 amide bonds. The summed E-state index contributed by atoms with van der Waals surface area (Å²) in [7, 11) is 0. The number of amidine groups is 1. The highest BCUT2D eigenvalue weighted by Crippen LogP contribution is 2.32. The lowest BCUT2D eigenvalue weighted by atomic mass is 10.3. The number of halogens is 3. The fourth-order valence-corrected chi connectivity index (χ4v) is 1.38. The van der Waals surface area contributed by atoms with Crippen molar-refractivity contribution in [1.82, 2.24) is 5.32 Å². The number of para-hydroxylation sites is 2. The Morgan fingerprint density at radius 2 is 2.11 bits per heavy atom. The monoisotopic (exact) mass is 275 g/mol. The van der Waals surface area contributed by atoms with Gasteiger partial charge in [0.2, 0.25) is 0 Å². The number of aliphatic imine (C=N–C) groups is 1. The van der Waals surface area contributed by atoms with E-state index in [1.165, 1.54) is 18.2 Å². The van der Waals surface area contributed by atoms with E-state index in [2.05, 4.69) is 15.0 Å². The van der Waals surface area contributed by atoms with Crippen molar-refractivity contribution in [2.45, 2.75) is 6.36 Å². The largest absolute Gasteiger partial charge is 0.573 e. The smallest absolute Gasteiger partial charge is 0.403 e. The molecule has 0 bridgehead atoms. The molecule has 0 spiro atoms. The number of ether oxygens (including phenoxy) is 1. The van der Waals surface area contributed by atoms with Gasteiger partial charge in [-0.1, -0.05) is 23.9 Å². The lowest BCUT2D eigenvalue weighted by Crippen LogP contribution is -2.17. The third-order valence-corrected chi connectivity index (χ3v) is 2.25. The van der Waals surface area contributed by atoms with Crippen LogP contribution in [0.2, 0.25) is 0 Å². The third kappa shape index (κ3) is 4.55. The third-order valence-electron chi connectivity index (χ3n) is 1.67. The molecule has 1 aromatic carbocycles. The van der Waals surface area contributed by atoms with E-state index in [1.54, 1.807) is 12.4 Å². The van der Waals surface area contributed by atoms with Crippen LogP contribution in [0.4, 0.5) is 18.9 Å². The van der Waals surface area contributed by atoms with E-state index in [4.69, 9.17) is 5.26 Å². The van der Waals surface area contributed by atoms with Crippen LogP contribution in [0.25, 0.3) is 0 Å². The Morgan fingerprint density at radius 1 is 1.44 bits per heavy atom. The van der Waals surface area contributed by atoms with Gasteiger partial charge in [-0.2, -0.15) is 5.26 Å². The number of thioether (sulfide) groups is 1. The first-order valence-corrected chi connectivity index (χ1v) is 5.81. The second-order valence-corrected chi connectivity index (χ2v) is 3.67. The fraction of sp³-hybridized carbons (Fsp3) is 0.200. The van der Waals surface area contributed by atoms with Crippen LogP contribution < -0.4 is 10.1 Å². The minimum Gasteiger partial charge on any atom is -0.403 e. The summed E-state index contributed by atoms with van der Waals surface area (Å²) in [6, 6.07) is 5.43. The second kappa shape index (κ2) is 6.16. The number of benzene rings is 1. The predicted molar refractivity (Wildman–Crippen MR) is 62.5 cm³/mol. The quantitative estimate of drug-likeness (QED) is 0.390. The Bertz CT molecular complexity index is 482. The van der Waals surface area contributed by atoms with E-state index in [9.17, 15) is 13.2 Å². The maximum atomic E-state index is 12.1. The summed E-state index contributed by atoms with van der Waals surface area (Å²) in [5.74, 6) is -0.420. The second-order valence-electron chi connectivity index (χ2n) is 2.87. The lowest BCUT2D eigenvalue weighted by molar-refractivity contribution is -0.274. The molecular weight excluding hydrogens is 267 g/mol. The molecule has 0 atom stereocenters. The van der Waals surface area contributed by atoms with Crippen LogP contribution in [-0.2, 0) is 0 Å². The van der Waals surface area contributed by atoms with Crippen molar-refractivity contribution in [3.63, 3.8) is 0 Å². The van der Waals surface area contributed by atoms with Gasteiger partial charge in [-0.25, -0.2) is 4.99 Å². The molecule has 8 heteroatoms. The molecule has 18 heavy (non-hydrogen) atoms. The molecule has 0 saturated heterocycles. The Kier molecular flexibility index (Phi) is 4.85. The molecule has 0 fully saturated rings. The van der Waals surface area contributed by atoms with Crippen molar-refractivity contribution >= 4 is 22.6 Å². The molecular formula is C10H8F3N3OS. The maximum absolute atomic E-state index is 12.1. The van der Waals surface area contributed by atoms with Crippen LogP contribution in [0.3, 0.4) is 0 Å². The molecule has 1 aromatic rings. The van der Waals surface area contributed by atoms with Gasteiger partial charge in [0.15, 0.2) is 17.1 Å². The Hall–Kier alpha value is -1.88. The summed E-state index contributed by atoms with van der Waals surface area (Å²) in [6.45, 7) is 0. The van der Waals surface area contributed by atoms with Crippen molar-refractivity contribution in [1.29, 1.82) is 5.26 Å². The van der Waals surface area contributed by atoms with Gasteiger partial charge in [0.25, 0.3) is 0 Å². The number of nitriles is 1. The van der Waals surface area contributed by atoms with Gasteiger partial charge in [-0.3, -0.25) is 5.32 Å². The topological polar surface area (TPSA) is 57.4 Å². The summed E-state index contributed by atoms with van der Waals surface area (Å²) < 4.78 is 40.3. The highest BCUT2D eigenvalue weighted by molar-refractivity contribution is 8.13. The van der Waals surface area contributed by atoms with Gasteiger partial charge in [0.1, 0.15) is 5.69 Å². The summed E-state index contributed by atoms with van der Waals surface area (Å²) >= 11 is 1.10. The Labute approximate surface area is 105 Å². The first-order valence-electron chi connectivity index (χ1n) is 4.59. The molecule has 0 unspecified atom stereocenters. The van der Waals surface area contributed by atoms with Gasteiger partial charge in [-0.05, 0) is 18.4 Å². The first kappa shape index (κ1) is 14.2. The zero-order chi connectivity index (χ0) is 13.6. The number of hydrogen-bond acceptors (Lipinski definition) is 4. The van der Waals surface area contributed by atoms with Gasteiger partial charge in [-0.15, -0.1) is 13.2 Å². The lowest BCUT2D eigenvalue weighted by Gasteiger charge is -2.11. The normalized spacial score (nSPS) is 11.8. The van der Waals surface area contributed by atoms with E-state index in [1.807, 2.05) is 0 Å². The van der Waals surface area contributed by atoms with Crippen LogP contribution >= 0.6 is 11.8 Å². The number of rotatable bonds is 2. The number of hydrogen-bond donors (Lipinski definition) is 1. The average molecular weight is 275 g/mol. The van der Waals surface area contributed by atoms with Gasteiger partial charge >= 0.3 is 6.36 Å². The van der Waals surface area contributed by atoms with Crippen LogP contribution in [0.5, 0.6) is 5.75 Å². The molecule has 1 rings (SSSR count). The van der Waals surface area contributed by atoms with Gasteiger partial charge in [0.05, 0.1) is 0 Å². The molecule has 0 aliphatic heterocycles. The highest BCUT2D eigenvalue weighted by Gasteiger charge is 2.32. The minimum atomic E-state index is -4.78. The van der Waals surface area contributed by atoms with Crippen LogP contribution in [0, 0.1) is 11.5 Å². The molecule has 96 valence electrons. The fourth-order valence-electron chi connectivity index (χ4n) is 1.04. The van der Waals surface area contributed by atoms with E-state index < -0.39 is 12.1 Å².